The van der Waals surface area contributed by atoms with E-state index < -0.39 is 46.8 Å². The van der Waals surface area contributed by atoms with E-state index in [4.69, 9.17) is 16.3 Å². The molecule has 9 rings (SSSR count). The van der Waals surface area contributed by atoms with Gasteiger partial charge in [0.05, 0.1) is 46.1 Å². The van der Waals surface area contributed by atoms with Crippen LogP contribution < -0.4 is 19.9 Å². The maximum atomic E-state index is 15.6. The average molecular weight is 908 g/mol. The van der Waals surface area contributed by atoms with Crippen LogP contribution >= 0.6 is 43.5 Å². The molecule has 2 aliphatic heterocycles. The number of hydrogen-bond acceptors (Lipinski definition) is 7. The minimum Gasteiger partial charge on any atom is -0.503 e. The number of anilines is 4. The number of fused-ring (bicyclic) bond motifs is 4. The van der Waals surface area contributed by atoms with Crippen molar-refractivity contribution in [3.63, 3.8) is 0 Å². The fraction of sp³-hybridized carbons (Fsp3) is 0.200. The summed E-state index contributed by atoms with van der Waals surface area (Å²) in [6.45, 7) is 0. The number of phenolic OH excluding ortho intramolecular Hbond substituents is 1. The lowest BCUT2D eigenvalue weighted by molar-refractivity contribution is -0.127. The molecular weight excluding hydrogens is 874 g/mol. The summed E-state index contributed by atoms with van der Waals surface area (Å²) in [6, 6.07) is 34.5. The van der Waals surface area contributed by atoms with E-state index >= 15 is 9.59 Å². The summed E-state index contributed by atoms with van der Waals surface area (Å²) in [4.78, 5) is 62.3. The molecule has 0 spiro atoms. The highest BCUT2D eigenvalue weighted by atomic mass is 79.9. The molecule has 2 aliphatic carbocycles. The number of carbonyl (C=O) groups excluding carboxylic acids is 4. The van der Waals surface area contributed by atoms with Crippen molar-refractivity contribution in [3.05, 3.63) is 152 Å². The van der Waals surface area contributed by atoms with Crippen molar-refractivity contribution in [3.8, 4) is 11.5 Å². The van der Waals surface area contributed by atoms with Crippen LogP contribution in [-0.4, -0.2) is 35.8 Å². The molecule has 0 bridgehead atoms. The number of para-hydroxylation sites is 1. The van der Waals surface area contributed by atoms with Gasteiger partial charge in [-0.3, -0.25) is 24.1 Å². The van der Waals surface area contributed by atoms with E-state index in [-0.39, 0.29) is 36.2 Å². The Labute approximate surface area is 350 Å². The number of allylic oxidation sites excluding steroid dienone is 2. The molecule has 286 valence electrons. The molecule has 2 heterocycles. The van der Waals surface area contributed by atoms with Gasteiger partial charge < -0.3 is 15.2 Å². The molecule has 1 saturated carbocycles. The van der Waals surface area contributed by atoms with E-state index in [1.807, 2.05) is 78.9 Å². The standard InChI is InChI=1S/C45H34Br2ClN3O6/c1-57-35-23-33(38(46)39(47)40(35)52)37-30-19-20-31-36(43(55)50(41(31)53)28-17-15-27(16-18-28)49-26-12-6-3-7-13-26)32(30)22-34-42(54)51(29-14-8-11-25(48)21-29)44(56)45(34,37)24-9-4-2-5-10-24/h2-19,21,23,31-32,34,36-37,49,52H,20,22H2,1H3/t31-,32+,34-,36-,37+,45+/m0/s1. The smallest absolute Gasteiger partial charge is 0.246 e. The number of methoxy groups -OCH3 is 1. The quantitative estimate of drug-likeness (QED) is 0.124. The Morgan fingerprint density at radius 2 is 1.44 bits per heavy atom. The second-order valence-electron chi connectivity index (χ2n) is 14.8. The molecule has 2 saturated heterocycles. The van der Waals surface area contributed by atoms with Crippen molar-refractivity contribution in [1.82, 2.24) is 0 Å². The second-order valence-corrected chi connectivity index (χ2v) is 16.8. The normalized spacial score (nSPS) is 25.2. The molecule has 6 atom stereocenters. The van der Waals surface area contributed by atoms with Gasteiger partial charge in [0, 0.05) is 26.8 Å². The van der Waals surface area contributed by atoms with E-state index in [1.54, 1.807) is 42.5 Å². The number of carbonyl (C=O) groups is 4. The molecule has 3 fully saturated rings. The molecule has 0 radical (unpaired) electrons. The third-order valence-electron chi connectivity index (χ3n) is 12.1. The molecule has 57 heavy (non-hydrogen) atoms. The zero-order valence-electron chi connectivity index (χ0n) is 30.4. The molecule has 0 aromatic heterocycles. The first-order valence-corrected chi connectivity index (χ1v) is 20.5. The van der Waals surface area contributed by atoms with Crippen LogP contribution in [0.2, 0.25) is 5.02 Å². The van der Waals surface area contributed by atoms with Gasteiger partial charge in [-0.2, -0.15) is 0 Å². The molecule has 4 amide bonds. The van der Waals surface area contributed by atoms with Crippen LogP contribution in [0.1, 0.15) is 29.9 Å². The van der Waals surface area contributed by atoms with Crippen LogP contribution in [0.4, 0.5) is 22.7 Å². The summed E-state index contributed by atoms with van der Waals surface area (Å²) in [5.41, 5.74) is 2.96. The number of ether oxygens (including phenoxy) is 1. The Hall–Kier alpha value is -5.23. The van der Waals surface area contributed by atoms with Gasteiger partial charge >= 0.3 is 0 Å². The van der Waals surface area contributed by atoms with E-state index in [1.165, 1.54) is 16.9 Å². The highest BCUT2D eigenvalue weighted by Gasteiger charge is 2.70. The van der Waals surface area contributed by atoms with Crippen molar-refractivity contribution in [1.29, 1.82) is 0 Å². The summed E-state index contributed by atoms with van der Waals surface area (Å²) in [6.07, 6.45) is 2.39. The molecule has 2 N–H and O–H groups in total. The van der Waals surface area contributed by atoms with Gasteiger partial charge in [0.2, 0.25) is 23.6 Å². The number of imide groups is 2. The topological polar surface area (TPSA) is 116 Å². The van der Waals surface area contributed by atoms with Crippen LogP contribution in [0.5, 0.6) is 11.5 Å². The number of aromatic hydroxyl groups is 1. The summed E-state index contributed by atoms with van der Waals surface area (Å²) in [5.74, 6) is -5.34. The lowest BCUT2D eigenvalue weighted by atomic mass is 9.49. The van der Waals surface area contributed by atoms with Gasteiger partial charge in [0.1, 0.15) is 0 Å². The Morgan fingerprint density at radius 1 is 0.754 bits per heavy atom. The summed E-state index contributed by atoms with van der Waals surface area (Å²) >= 11 is 13.7. The van der Waals surface area contributed by atoms with E-state index in [9.17, 15) is 14.7 Å². The highest BCUT2D eigenvalue weighted by Crippen LogP contribution is 2.66. The number of amides is 4. The molecule has 0 unspecified atom stereocenters. The third-order valence-corrected chi connectivity index (χ3v) is 14.5. The fourth-order valence-corrected chi connectivity index (χ4v) is 10.8. The highest BCUT2D eigenvalue weighted by molar-refractivity contribution is 9.13. The number of nitrogens with one attached hydrogen (secondary N) is 1. The van der Waals surface area contributed by atoms with Gasteiger partial charge in [0.15, 0.2) is 11.5 Å². The largest absolute Gasteiger partial charge is 0.503 e. The second kappa shape index (κ2) is 14.3. The fourth-order valence-electron chi connectivity index (χ4n) is 9.70. The van der Waals surface area contributed by atoms with Crippen molar-refractivity contribution in [2.24, 2.45) is 23.7 Å². The molecule has 4 aliphatic rings. The van der Waals surface area contributed by atoms with Gasteiger partial charge in [-0.05, 0) is 122 Å². The summed E-state index contributed by atoms with van der Waals surface area (Å²) < 4.78 is 6.42. The van der Waals surface area contributed by atoms with E-state index in [0.29, 0.717) is 36.5 Å². The molecule has 5 aromatic rings. The Kier molecular flexibility index (Phi) is 9.37. The minimum atomic E-state index is -1.51. The number of benzene rings is 5. The Bertz CT molecular complexity index is 2520. The van der Waals surface area contributed by atoms with Crippen molar-refractivity contribution < 1.29 is 29.0 Å². The van der Waals surface area contributed by atoms with Crippen LogP contribution in [-0.2, 0) is 24.6 Å². The van der Waals surface area contributed by atoms with Gasteiger partial charge in [-0.25, -0.2) is 4.90 Å². The van der Waals surface area contributed by atoms with Crippen LogP contribution in [0, 0.1) is 23.7 Å². The van der Waals surface area contributed by atoms with E-state index in [0.717, 1.165) is 16.9 Å². The van der Waals surface area contributed by atoms with Crippen molar-refractivity contribution in [2.75, 3.05) is 22.2 Å². The zero-order chi connectivity index (χ0) is 39.7. The number of hydrogen-bond donors (Lipinski definition) is 2. The van der Waals surface area contributed by atoms with Crippen LogP contribution in [0.3, 0.4) is 0 Å². The summed E-state index contributed by atoms with van der Waals surface area (Å²) in [5, 5.41) is 14.8. The first-order chi connectivity index (χ1) is 27.6. The van der Waals surface area contributed by atoms with Gasteiger partial charge in [0.25, 0.3) is 0 Å². The van der Waals surface area contributed by atoms with E-state index in [2.05, 4.69) is 37.2 Å². The molecule has 5 aromatic carbocycles. The molecule has 12 heteroatoms. The maximum absolute atomic E-state index is 15.6. The number of phenols is 1. The number of nitrogens with zero attached hydrogens (tertiary/aromatic N) is 2. The Balaban J connectivity index is 1.20. The third kappa shape index (κ3) is 5.68. The first-order valence-electron chi connectivity index (χ1n) is 18.5. The van der Waals surface area contributed by atoms with Crippen molar-refractivity contribution in [2.45, 2.75) is 24.2 Å². The summed E-state index contributed by atoms with van der Waals surface area (Å²) in [7, 11) is 1.44. The van der Waals surface area contributed by atoms with Crippen LogP contribution in [0.15, 0.2) is 136 Å². The molecule has 9 nitrogen and oxygen atoms in total. The predicted octanol–water partition coefficient (Wildman–Crippen LogP) is 9.69. The SMILES string of the molecule is COc1cc([C@H]2C3=CC[C@@H]4C(=O)N(c5ccc(Nc6ccccc6)cc5)C(=O)[C@@H]4[C@@H]3C[C@H]3C(=O)N(c4cccc(Cl)c4)C(=O)[C@@]23c2ccccc2)c(Br)c(Br)c1O. The average Bonchev–Trinajstić information content (AvgIpc) is 3.62. The Morgan fingerprint density at radius 3 is 2.12 bits per heavy atom. The van der Waals surface area contributed by atoms with Crippen molar-refractivity contribution >= 4 is 89.8 Å². The van der Waals surface area contributed by atoms with Gasteiger partial charge in [-0.15, -0.1) is 0 Å². The maximum Gasteiger partial charge on any atom is 0.246 e. The predicted molar refractivity (Wildman–Crippen MR) is 225 cm³/mol. The first kappa shape index (κ1) is 37.4. The monoisotopic (exact) mass is 905 g/mol. The lowest BCUT2D eigenvalue weighted by Crippen LogP contribution is -2.53. The minimum absolute atomic E-state index is 0.140. The van der Waals surface area contributed by atoms with Crippen LogP contribution in [0.25, 0.3) is 0 Å². The zero-order valence-corrected chi connectivity index (χ0v) is 34.3. The lowest BCUT2D eigenvalue weighted by Gasteiger charge is -2.51. The number of rotatable bonds is 7. The number of halogens is 3. The molecular formula is C45H34Br2ClN3O6. The van der Waals surface area contributed by atoms with Gasteiger partial charge in [-0.1, -0.05) is 77.8 Å².